The molecule has 7 nitrogen and oxygen atoms in total. The molecule has 1 aliphatic rings. The van der Waals surface area contributed by atoms with Crippen LogP contribution in [0.4, 0.5) is 15.8 Å². The summed E-state index contributed by atoms with van der Waals surface area (Å²) < 4.78 is 19.2. The van der Waals surface area contributed by atoms with Gasteiger partial charge in [0.05, 0.1) is 29.9 Å². The minimum Gasteiger partial charge on any atom is -0.490 e. The lowest BCUT2D eigenvalue weighted by atomic mass is 10.2. The molecule has 1 aromatic carbocycles. The standard InChI is InChI=1S/C14H20FN3O4/c1-10(19)9-16-3-5-17(6-4-16)12-8-14(22-2)13(18(20)21)7-11(12)15/h7-8,10,19H,3-6,9H2,1-2H3/t10-/m1/s1. The lowest BCUT2D eigenvalue weighted by Crippen LogP contribution is -2.48. The largest absolute Gasteiger partial charge is 0.490 e. The van der Waals surface area contributed by atoms with Crippen LogP contribution in [0, 0.1) is 15.9 Å². The van der Waals surface area contributed by atoms with Crippen molar-refractivity contribution in [2.45, 2.75) is 13.0 Å². The molecular formula is C14H20FN3O4. The highest BCUT2D eigenvalue weighted by atomic mass is 19.1. The van der Waals surface area contributed by atoms with E-state index in [1.54, 1.807) is 6.92 Å². The average molecular weight is 313 g/mol. The van der Waals surface area contributed by atoms with E-state index < -0.39 is 16.8 Å². The molecule has 1 aromatic rings. The van der Waals surface area contributed by atoms with Crippen molar-refractivity contribution in [2.75, 3.05) is 44.7 Å². The van der Waals surface area contributed by atoms with E-state index in [2.05, 4.69) is 4.90 Å². The lowest BCUT2D eigenvalue weighted by molar-refractivity contribution is -0.385. The van der Waals surface area contributed by atoms with Crippen LogP contribution in [0.3, 0.4) is 0 Å². The monoisotopic (exact) mass is 313 g/mol. The predicted molar refractivity (Wildman–Crippen MR) is 79.9 cm³/mol. The normalized spacial score (nSPS) is 17.4. The number of rotatable bonds is 5. The summed E-state index contributed by atoms with van der Waals surface area (Å²) in [5, 5.41) is 20.3. The molecule has 0 aromatic heterocycles. The van der Waals surface area contributed by atoms with Crippen LogP contribution in [0.5, 0.6) is 5.75 Å². The van der Waals surface area contributed by atoms with Gasteiger partial charge < -0.3 is 14.7 Å². The molecular weight excluding hydrogens is 293 g/mol. The van der Waals surface area contributed by atoms with E-state index in [-0.39, 0.29) is 11.4 Å². The quantitative estimate of drug-likeness (QED) is 0.651. The molecule has 1 aliphatic heterocycles. The van der Waals surface area contributed by atoms with Gasteiger partial charge in [-0.3, -0.25) is 15.0 Å². The van der Waals surface area contributed by atoms with Crippen LogP contribution in [-0.4, -0.2) is 60.9 Å². The molecule has 1 atom stereocenters. The summed E-state index contributed by atoms with van der Waals surface area (Å²) in [5.74, 6) is -0.579. The Hall–Kier alpha value is -1.93. The number of nitro benzene ring substituents is 1. The van der Waals surface area contributed by atoms with Crippen molar-refractivity contribution in [3.05, 3.63) is 28.1 Å². The molecule has 0 saturated carbocycles. The molecule has 1 N–H and O–H groups in total. The minimum absolute atomic E-state index is 0.0489. The molecule has 0 unspecified atom stereocenters. The Morgan fingerprint density at radius 1 is 1.41 bits per heavy atom. The van der Waals surface area contributed by atoms with Crippen molar-refractivity contribution in [1.82, 2.24) is 4.90 Å². The lowest BCUT2D eigenvalue weighted by Gasteiger charge is -2.36. The molecule has 2 rings (SSSR count). The van der Waals surface area contributed by atoms with Gasteiger partial charge in [0.25, 0.3) is 0 Å². The number of β-amino-alcohol motifs (C(OH)–C–C–N with tert-alkyl or cyclic N) is 1. The van der Waals surface area contributed by atoms with Gasteiger partial charge in [-0.25, -0.2) is 4.39 Å². The van der Waals surface area contributed by atoms with Crippen LogP contribution in [0.25, 0.3) is 0 Å². The highest BCUT2D eigenvalue weighted by Crippen LogP contribution is 2.34. The Kier molecular flexibility index (Phi) is 5.15. The zero-order chi connectivity index (χ0) is 16.3. The van der Waals surface area contributed by atoms with E-state index in [1.165, 1.54) is 13.2 Å². The number of ether oxygens (including phenoxy) is 1. The van der Waals surface area contributed by atoms with Crippen molar-refractivity contribution in [3.8, 4) is 5.75 Å². The Balaban J connectivity index is 2.15. The highest BCUT2D eigenvalue weighted by Gasteiger charge is 2.25. The second kappa shape index (κ2) is 6.89. The number of methoxy groups -OCH3 is 1. The molecule has 0 spiro atoms. The van der Waals surface area contributed by atoms with Crippen LogP contribution < -0.4 is 9.64 Å². The Morgan fingerprint density at radius 2 is 2.05 bits per heavy atom. The third kappa shape index (κ3) is 3.63. The summed E-state index contributed by atoms with van der Waals surface area (Å²) >= 11 is 0. The number of halogens is 1. The molecule has 22 heavy (non-hydrogen) atoms. The third-order valence-electron chi connectivity index (χ3n) is 3.68. The van der Waals surface area contributed by atoms with E-state index >= 15 is 0 Å². The first-order valence-corrected chi connectivity index (χ1v) is 7.09. The van der Waals surface area contributed by atoms with E-state index in [9.17, 15) is 19.6 Å². The van der Waals surface area contributed by atoms with Crippen LogP contribution >= 0.6 is 0 Å². The number of aliphatic hydroxyl groups is 1. The maximum atomic E-state index is 14.2. The maximum Gasteiger partial charge on any atom is 0.313 e. The fraction of sp³-hybridized carbons (Fsp3) is 0.571. The first-order chi connectivity index (χ1) is 10.4. The fourth-order valence-electron chi connectivity index (χ4n) is 2.63. The van der Waals surface area contributed by atoms with E-state index in [4.69, 9.17) is 4.74 Å². The molecule has 0 amide bonds. The minimum atomic E-state index is -0.660. The number of benzene rings is 1. The van der Waals surface area contributed by atoms with Crippen molar-refractivity contribution in [3.63, 3.8) is 0 Å². The van der Waals surface area contributed by atoms with Gasteiger partial charge >= 0.3 is 5.69 Å². The van der Waals surface area contributed by atoms with Crippen LogP contribution in [-0.2, 0) is 0 Å². The second-order valence-corrected chi connectivity index (χ2v) is 5.37. The van der Waals surface area contributed by atoms with Crippen molar-refractivity contribution >= 4 is 11.4 Å². The molecule has 1 heterocycles. The summed E-state index contributed by atoms with van der Waals surface area (Å²) in [7, 11) is 1.32. The number of aliphatic hydroxyl groups excluding tert-OH is 1. The Labute approximate surface area is 128 Å². The first-order valence-electron chi connectivity index (χ1n) is 7.09. The zero-order valence-corrected chi connectivity index (χ0v) is 12.7. The van der Waals surface area contributed by atoms with E-state index in [1.807, 2.05) is 4.90 Å². The molecule has 122 valence electrons. The van der Waals surface area contributed by atoms with Crippen LogP contribution in [0.1, 0.15) is 6.92 Å². The average Bonchev–Trinajstić information content (AvgIpc) is 2.47. The smallest absolute Gasteiger partial charge is 0.313 e. The predicted octanol–water partition coefficient (Wildman–Crippen LogP) is 1.25. The zero-order valence-electron chi connectivity index (χ0n) is 12.7. The van der Waals surface area contributed by atoms with Crippen molar-refractivity contribution in [1.29, 1.82) is 0 Å². The summed E-state index contributed by atoms with van der Waals surface area (Å²) in [4.78, 5) is 14.2. The van der Waals surface area contributed by atoms with Gasteiger partial charge in [-0.05, 0) is 6.92 Å². The molecule has 1 saturated heterocycles. The van der Waals surface area contributed by atoms with E-state index in [0.717, 1.165) is 6.07 Å². The second-order valence-electron chi connectivity index (χ2n) is 5.37. The summed E-state index contributed by atoms with van der Waals surface area (Å²) in [6, 6.07) is 2.27. The molecule has 1 fully saturated rings. The van der Waals surface area contributed by atoms with Gasteiger partial charge in [0.1, 0.15) is 0 Å². The van der Waals surface area contributed by atoms with Crippen molar-refractivity contribution < 1.29 is 19.2 Å². The highest BCUT2D eigenvalue weighted by molar-refractivity contribution is 5.60. The third-order valence-corrected chi connectivity index (χ3v) is 3.68. The van der Waals surface area contributed by atoms with Crippen LogP contribution in [0.15, 0.2) is 12.1 Å². The SMILES string of the molecule is COc1cc(N2CCN(C[C@@H](C)O)CC2)c(F)cc1[N+](=O)[O-]. The first kappa shape index (κ1) is 16.4. The van der Waals surface area contributed by atoms with Gasteiger partial charge in [0.2, 0.25) is 0 Å². The molecule has 8 heteroatoms. The van der Waals surface area contributed by atoms with Gasteiger partial charge in [-0.1, -0.05) is 0 Å². The topological polar surface area (TPSA) is 79.1 Å². The molecule has 0 bridgehead atoms. The number of hydrogen-bond donors (Lipinski definition) is 1. The van der Waals surface area contributed by atoms with Gasteiger partial charge in [0.15, 0.2) is 11.6 Å². The fourth-order valence-corrected chi connectivity index (χ4v) is 2.63. The number of nitrogens with zero attached hydrogens (tertiary/aromatic N) is 3. The number of hydrogen-bond acceptors (Lipinski definition) is 6. The van der Waals surface area contributed by atoms with Crippen LogP contribution in [0.2, 0.25) is 0 Å². The van der Waals surface area contributed by atoms with Gasteiger partial charge in [-0.2, -0.15) is 0 Å². The van der Waals surface area contributed by atoms with E-state index in [0.29, 0.717) is 38.4 Å². The maximum absolute atomic E-state index is 14.2. The summed E-state index contributed by atoms with van der Waals surface area (Å²) in [5.41, 5.74) is -0.0735. The Morgan fingerprint density at radius 3 is 2.55 bits per heavy atom. The number of anilines is 1. The number of nitro groups is 1. The number of piperazine rings is 1. The summed E-state index contributed by atoms with van der Waals surface area (Å²) in [6.07, 6.45) is -0.400. The summed E-state index contributed by atoms with van der Waals surface area (Å²) in [6.45, 7) is 4.88. The van der Waals surface area contributed by atoms with Crippen molar-refractivity contribution in [2.24, 2.45) is 0 Å². The van der Waals surface area contributed by atoms with Gasteiger partial charge in [-0.15, -0.1) is 0 Å². The molecule has 0 aliphatic carbocycles. The molecule has 0 radical (unpaired) electrons. The Bertz CT molecular complexity index is 545. The van der Waals surface area contributed by atoms with Gasteiger partial charge in [0, 0.05) is 38.8 Å².